The van der Waals surface area contributed by atoms with Gasteiger partial charge in [0, 0.05) is 23.2 Å². The summed E-state index contributed by atoms with van der Waals surface area (Å²) >= 11 is 1.35. The van der Waals surface area contributed by atoms with Gasteiger partial charge in [-0.3, -0.25) is 14.3 Å². The van der Waals surface area contributed by atoms with E-state index in [1.54, 1.807) is 19.1 Å². The molecule has 0 fully saturated rings. The second kappa shape index (κ2) is 10.5. The van der Waals surface area contributed by atoms with Gasteiger partial charge in [-0.1, -0.05) is 6.07 Å². The van der Waals surface area contributed by atoms with Gasteiger partial charge in [-0.2, -0.15) is 0 Å². The molecule has 0 aliphatic carbocycles. The van der Waals surface area contributed by atoms with Crippen molar-refractivity contribution in [2.45, 2.75) is 28.9 Å². The number of benzene rings is 3. The van der Waals surface area contributed by atoms with E-state index >= 15 is 0 Å². The number of carbonyl (C=O) groups excluding carboxylic acids is 2. The van der Waals surface area contributed by atoms with Crippen LogP contribution in [0.2, 0.25) is 0 Å². The summed E-state index contributed by atoms with van der Waals surface area (Å²) in [6, 6.07) is 18.0. The number of sulfonamides is 1. The Hall–Kier alpha value is -3.37. The number of anilines is 3. The van der Waals surface area contributed by atoms with Crippen LogP contribution in [0.3, 0.4) is 0 Å². The molecule has 3 N–H and O–H groups in total. The normalized spacial score (nSPS) is 12.0. The molecule has 3 aromatic rings. The highest BCUT2D eigenvalue weighted by molar-refractivity contribution is 8.00. The van der Waals surface area contributed by atoms with Crippen LogP contribution in [0.5, 0.6) is 0 Å². The average molecular weight is 488 g/mol. The van der Waals surface area contributed by atoms with Gasteiger partial charge in [0.25, 0.3) is 10.0 Å². The Bertz CT molecular complexity index is 1250. The topological polar surface area (TPSA) is 104 Å². The molecule has 10 heteroatoms. The van der Waals surface area contributed by atoms with Gasteiger partial charge in [0.15, 0.2) is 0 Å². The molecule has 0 saturated heterocycles. The summed E-state index contributed by atoms with van der Waals surface area (Å²) in [5, 5.41) is 5.01. The number of thioether (sulfide) groups is 1. The minimum Gasteiger partial charge on any atom is -0.326 e. The fourth-order valence-electron chi connectivity index (χ4n) is 2.81. The Morgan fingerprint density at radius 1 is 0.879 bits per heavy atom. The lowest BCUT2D eigenvalue weighted by Gasteiger charge is -2.13. The molecule has 172 valence electrons. The van der Waals surface area contributed by atoms with Gasteiger partial charge in [0.2, 0.25) is 11.8 Å². The van der Waals surface area contributed by atoms with Crippen LogP contribution in [0.25, 0.3) is 0 Å². The number of carbonyl (C=O) groups is 2. The van der Waals surface area contributed by atoms with E-state index in [9.17, 15) is 22.4 Å². The van der Waals surface area contributed by atoms with Crippen LogP contribution in [0, 0.1) is 5.82 Å². The number of halogens is 1. The molecule has 3 aromatic carbocycles. The molecular weight excluding hydrogens is 465 g/mol. The van der Waals surface area contributed by atoms with E-state index in [-0.39, 0.29) is 22.4 Å². The van der Waals surface area contributed by atoms with Crippen molar-refractivity contribution >= 4 is 50.7 Å². The first-order valence-electron chi connectivity index (χ1n) is 9.86. The monoisotopic (exact) mass is 487 g/mol. The Balaban J connectivity index is 1.59. The van der Waals surface area contributed by atoms with Crippen molar-refractivity contribution in [2.24, 2.45) is 0 Å². The molecular formula is C23H22FN3O4S2. The van der Waals surface area contributed by atoms with Gasteiger partial charge >= 0.3 is 0 Å². The molecule has 0 bridgehead atoms. The third kappa shape index (κ3) is 7.06. The number of hydrogen-bond acceptors (Lipinski definition) is 5. The summed E-state index contributed by atoms with van der Waals surface area (Å²) in [6.07, 6.45) is 0. The third-order valence-electron chi connectivity index (χ3n) is 4.37. The van der Waals surface area contributed by atoms with Gasteiger partial charge in [-0.25, -0.2) is 12.8 Å². The smallest absolute Gasteiger partial charge is 0.261 e. The first kappa shape index (κ1) is 24.3. The SMILES string of the molecule is CC(=O)Nc1ccc(SC(C)C(=O)Nc2ccc(S(=O)(=O)Nc3cccc(F)c3)cc2)cc1. The summed E-state index contributed by atoms with van der Waals surface area (Å²) in [7, 11) is -3.90. The van der Waals surface area contributed by atoms with Crippen LogP contribution in [0.4, 0.5) is 21.5 Å². The first-order valence-corrected chi connectivity index (χ1v) is 12.2. The molecule has 0 aromatic heterocycles. The standard InChI is InChI=1S/C23H22FN3O4S2/c1-15(32-21-10-6-18(7-11-21)25-16(2)28)23(29)26-19-8-12-22(13-9-19)33(30,31)27-20-5-3-4-17(24)14-20/h3-15,27H,1-2H3,(H,25,28)(H,26,29). The minimum absolute atomic E-state index is 0.0218. The van der Waals surface area contributed by atoms with E-state index in [4.69, 9.17) is 0 Å². The Morgan fingerprint density at radius 2 is 1.48 bits per heavy atom. The van der Waals surface area contributed by atoms with Crippen molar-refractivity contribution in [3.8, 4) is 0 Å². The number of rotatable bonds is 8. The van der Waals surface area contributed by atoms with Gasteiger partial charge in [0.05, 0.1) is 15.8 Å². The number of nitrogens with one attached hydrogen (secondary N) is 3. The summed E-state index contributed by atoms with van der Waals surface area (Å²) in [4.78, 5) is 24.5. The van der Waals surface area contributed by atoms with E-state index in [0.717, 1.165) is 11.0 Å². The highest BCUT2D eigenvalue weighted by Crippen LogP contribution is 2.26. The maximum atomic E-state index is 13.3. The Labute approximate surface area is 195 Å². The molecule has 2 amide bonds. The van der Waals surface area contributed by atoms with Crippen molar-refractivity contribution < 1.29 is 22.4 Å². The second-order valence-electron chi connectivity index (χ2n) is 7.10. The largest absolute Gasteiger partial charge is 0.326 e. The fourth-order valence-corrected chi connectivity index (χ4v) is 4.72. The molecule has 0 heterocycles. The molecule has 1 atom stereocenters. The molecule has 3 rings (SSSR count). The van der Waals surface area contributed by atoms with Crippen LogP contribution in [0.15, 0.2) is 82.6 Å². The summed E-state index contributed by atoms with van der Waals surface area (Å²) < 4.78 is 40.6. The number of hydrogen-bond donors (Lipinski definition) is 3. The van der Waals surface area contributed by atoms with Crippen LogP contribution >= 0.6 is 11.8 Å². The summed E-state index contributed by atoms with van der Waals surface area (Å²) in [5.41, 5.74) is 1.23. The zero-order chi connectivity index (χ0) is 24.0. The van der Waals surface area contributed by atoms with Crippen molar-refractivity contribution in [3.63, 3.8) is 0 Å². The quantitative estimate of drug-likeness (QED) is 0.400. The molecule has 33 heavy (non-hydrogen) atoms. The maximum Gasteiger partial charge on any atom is 0.261 e. The summed E-state index contributed by atoms with van der Waals surface area (Å²) in [5.74, 6) is -0.963. The highest BCUT2D eigenvalue weighted by atomic mass is 32.2. The molecule has 1 unspecified atom stereocenters. The van der Waals surface area contributed by atoms with Crippen LogP contribution < -0.4 is 15.4 Å². The average Bonchev–Trinajstić information content (AvgIpc) is 2.75. The predicted molar refractivity (Wildman–Crippen MR) is 128 cm³/mol. The molecule has 0 aliphatic heterocycles. The lowest BCUT2D eigenvalue weighted by Crippen LogP contribution is -2.22. The zero-order valence-electron chi connectivity index (χ0n) is 17.8. The fraction of sp³-hybridized carbons (Fsp3) is 0.130. The van der Waals surface area contributed by atoms with Crippen LogP contribution in [0.1, 0.15) is 13.8 Å². The summed E-state index contributed by atoms with van der Waals surface area (Å²) in [6.45, 7) is 3.18. The lowest BCUT2D eigenvalue weighted by molar-refractivity contribution is -0.115. The van der Waals surface area contributed by atoms with E-state index in [2.05, 4.69) is 15.4 Å². The maximum absolute atomic E-state index is 13.3. The molecule has 0 radical (unpaired) electrons. The van der Waals surface area contributed by atoms with Crippen LogP contribution in [-0.2, 0) is 19.6 Å². The van der Waals surface area contributed by atoms with Gasteiger partial charge in [-0.15, -0.1) is 11.8 Å². The van der Waals surface area contributed by atoms with Crippen molar-refractivity contribution in [3.05, 3.63) is 78.6 Å². The third-order valence-corrected chi connectivity index (χ3v) is 6.87. The second-order valence-corrected chi connectivity index (χ2v) is 10.2. The first-order chi connectivity index (χ1) is 15.6. The van der Waals surface area contributed by atoms with E-state index in [0.29, 0.717) is 11.4 Å². The van der Waals surface area contributed by atoms with Crippen molar-refractivity contribution in [1.29, 1.82) is 0 Å². The lowest BCUT2D eigenvalue weighted by atomic mass is 10.3. The molecule has 0 aliphatic rings. The van der Waals surface area contributed by atoms with E-state index < -0.39 is 21.1 Å². The zero-order valence-corrected chi connectivity index (χ0v) is 19.5. The van der Waals surface area contributed by atoms with Crippen molar-refractivity contribution in [1.82, 2.24) is 0 Å². The highest BCUT2D eigenvalue weighted by Gasteiger charge is 2.17. The molecule has 0 spiro atoms. The Morgan fingerprint density at radius 3 is 2.09 bits per heavy atom. The molecule has 7 nitrogen and oxygen atoms in total. The van der Waals surface area contributed by atoms with E-state index in [1.807, 2.05) is 12.1 Å². The van der Waals surface area contributed by atoms with Crippen molar-refractivity contribution in [2.75, 3.05) is 15.4 Å². The Kier molecular flexibility index (Phi) is 7.72. The van der Waals surface area contributed by atoms with Crippen LogP contribution in [-0.4, -0.2) is 25.5 Å². The molecule has 0 saturated carbocycles. The minimum atomic E-state index is -3.90. The predicted octanol–water partition coefficient (Wildman–Crippen LogP) is 4.70. The van der Waals surface area contributed by atoms with Gasteiger partial charge < -0.3 is 10.6 Å². The van der Waals surface area contributed by atoms with E-state index in [1.165, 1.54) is 61.2 Å². The van der Waals surface area contributed by atoms with Gasteiger partial charge in [0.1, 0.15) is 5.82 Å². The number of amides is 2. The van der Waals surface area contributed by atoms with Gasteiger partial charge in [-0.05, 0) is 73.7 Å².